The first-order chi connectivity index (χ1) is 13.3. The molecule has 7 nitrogen and oxygen atoms in total. The van der Waals surface area contributed by atoms with Gasteiger partial charge in [0.05, 0.1) is 35.9 Å². The molecule has 0 spiro atoms. The van der Waals surface area contributed by atoms with E-state index in [0.29, 0.717) is 23.8 Å². The van der Waals surface area contributed by atoms with Gasteiger partial charge in [-0.3, -0.25) is 4.98 Å². The Hall–Kier alpha value is -2.92. The maximum atomic E-state index is 6.45. The van der Waals surface area contributed by atoms with E-state index in [4.69, 9.17) is 21.3 Å². The van der Waals surface area contributed by atoms with Gasteiger partial charge >= 0.3 is 0 Å². The summed E-state index contributed by atoms with van der Waals surface area (Å²) in [5.41, 5.74) is 16.7. The lowest BCUT2D eigenvalue weighted by Gasteiger charge is -2.18. The van der Waals surface area contributed by atoms with Crippen LogP contribution in [0.4, 0.5) is 5.82 Å². The fourth-order valence-corrected chi connectivity index (χ4v) is 4.46. The van der Waals surface area contributed by atoms with Crippen LogP contribution in [0.15, 0.2) is 23.6 Å². The number of aliphatic imine (C=N–C) groups is 1. The second-order valence-electron chi connectivity index (χ2n) is 6.52. The molecule has 0 saturated carbocycles. The third kappa shape index (κ3) is 3.71. The maximum Gasteiger partial charge on any atom is 0.132 e. The third-order valence-electron chi connectivity index (χ3n) is 4.51. The lowest BCUT2D eigenvalue weighted by Crippen LogP contribution is -2.19. The summed E-state index contributed by atoms with van der Waals surface area (Å²) in [6.45, 7) is 9.90. The standard InChI is InChI=1S/C20H24N6OS/c1-6-7-14-8-15-17(20(28-14)24-13(4)21)19(22)26(25-15)10-16-12(3)18(27-5)11(2)9-23-16/h9,14H,4,8,10,21-22H2,1-3,5H3. The Morgan fingerprint density at radius 3 is 2.89 bits per heavy atom. The van der Waals surface area contributed by atoms with Crippen molar-refractivity contribution in [3.63, 3.8) is 0 Å². The predicted octanol–water partition coefficient (Wildman–Crippen LogP) is 2.39. The molecule has 1 atom stereocenters. The number of hydrogen-bond donors (Lipinski definition) is 2. The molecule has 0 aliphatic carbocycles. The van der Waals surface area contributed by atoms with Crippen LogP contribution in [0.2, 0.25) is 0 Å². The van der Waals surface area contributed by atoms with Crippen molar-refractivity contribution < 1.29 is 4.74 Å². The van der Waals surface area contributed by atoms with Crippen LogP contribution in [0.25, 0.3) is 0 Å². The third-order valence-corrected chi connectivity index (χ3v) is 5.60. The summed E-state index contributed by atoms with van der Waals surface area (Å²) in [7, 11) is 1.66. The summed E-state index contributed by atoms with van der Waals surface area (Å²) in [6.07, 6.45) is 2.49. The van der Waals surface area contributed by atoms with Crippen molar-refractivity contribution in [2.75, 3.05) is 12.8 Å². The normalized spacial score (nSPS) is 17.0. The Morgan fingerprint density at radius 2 is 2.25 bits per heavy atom. The molecule has 0 bridgehead atoms. The lowest BCUT2D eigenvalue weighted by molar-refractivity contribution is 0.406. The van der Waals surface area contributed by atoms with Crippen LogP contribution in [-0.4, -0.2) is 32.2 Å². The average molecular weight is 397 g/mol. The van der Waals surface area contributed by atoms with Crippen molar-refractivity contribution in [3.8, 4) is 17.6 Å². The number of nitrogens with zero attached hydrogens (tertiary/aromatic N) is 4. The fraction of sp³-hybridized carbons (Fsp3) is 0.350. The summed E-state index contributed by atoms with van der Waals surface area (Å²) >= 11 is 1.54. The highest BCUT2D eigenvalue weighted by Crippen LogP contribution is 2.35. The van der Waals surface area contributed by atoms with Crippen LogP contribution in [0.3, 0.4) is 0 Å². The quantitative estimate of drug-likeness (QED) is 0.769. The van der Waals surface area contributed by atoms with Gasteiger partial charge in [-0.2, -0.15) is 5.10 Å². The molecule has 28 heavy (non-hydrogen) atoms. The second-order valence-corrected chi connectivity index (χ2v) is 7.72. The van der Waals surface area contributed by atoms with Gasteiger partial charge in [0.25, 0.3) is 0 Å². The van der Waals surface area contributed by atoms with E-state index in [9.17, 15) is 0 Å². The number of aryl methyl sites for hydroxylation is 1. The van der Waals surface area contributed by atoms with E-state index in [2.05, 4.69) is 28.4 Å². The van der Waals surface area contributed by atoms with Crippen molar-refractivity contribution in [1.82, 2.24) is 14.8 Å². The minimum Gasteiger partial charge on any atom is -0.496 e. The van der Waals surface area contributed by atoms with E-state index in [1.165, 1.54) is 11.8 Å². The molecule has 146 valence electrons. The molecule has 0 aromatic carbocycles. The van der Waals surface area contributed by atoms with Gasteiger partial charge in [0.1, 0.15) is 22.4 Å². The van der Waals surface area contributed by atoms with E-state index in [1.54, 1.807) is 18.0 Å². The fourth-order valence-electron chi connectivity index (χ4n) is 3.26. The molecule has 8 heteroatoms. The summed E-state index contributed by atoms with van der Waals surface area (Å²) < 4.78 is 7.26. The molecule has 0 radical (unpaired) electrons. The maximum absolute atomic E-state index is 6.45. The highest BCUT2D eigenvalue weighted by atomic mass is 32.2. The minimum absolute atomic E-state index is 0.0534. The number of hydrogen-bond acceptors (Lipinski definition) is 7. The van der Waals surface area contributed by atoms with Crippen LogP contribution in [0.1, 0.15) is 35.0 Å². The average Bonchev–Trinajstić information content (AvgIpc) is 2.93. The zero-order valence-corrected chi connectivity index (χ0v) is 17.4. The first-order valence-corrected chi connectivity index (χ1v) is 9.70. The molecular weight excluding hydrogens is 372 g/mol. The molecule has 2 aromatic rings. The van der Waals surface area contributed by atoms with E-state index in [1.807, 2.05) is 20.8 Å². The predicted molar refractivity (Wildman–Crippen MR) is 114 cm³/mol. The first-order valence-electron chi connectivity index (χ1n) is 8.82. The van der Waals surface area contributed by atoms with Gasteiger partial charge in [-0.15, -0.1) is 5.92 Å². The van der Waals surface area contributed by atoms with Crippen molar-refractivity contribution in [2.24, 2.45) is 10.7 Å². The molecule has 2 aromatic heterocycles. The van der Waals surface area contributed by atoms with Crippen LogP contribution in [-0.2, 0) is 13.0 Å². The van der Waals surface area contributed by atoms with Gasteiger partial charge < -0.3 is 16.2 Å². The van der Waals surface area contributed by atoms with E-state index < -0.39 is 0 Å². The number of nitrogen functional groups attached to an aromatic ring is 1. The van der Waals surface area contributed by atoms with Crippen molar-refractivity contribution in [1.29, 1.82) is 0 Å². The number of rotatable bonds is 4. The van der Waals surface area contributed by atoms with Crippen molar-refractivity contribution in [2.45, 2.75) is 39.0 Å². The molecule has 1 aliphatic heterocycles. The number of ether oxygens (including phenoxy) is 1. The zero-order chi connectivity index (χ0) is 20.4. The van der Waals surface area contributed by atoms with Crippen LogP contribution in [0.5, 0.6) is 5.75 Å². The Labute approximate surface area is 169 Å². The highest BCUT2D eigenvalue weighted by molar-refractivity contribution is 8.15. The van der Waals surface area contributed by atoms with Crippen molar-refractivity contribution in [3.05, 3.63) is 46.7 Å². The van der Waals surface area contributed by atoms with Gasteiger partial charge in [0.2, 0.25) is 0 Å². The molecule has 3 heterocycles. The largest absolute Gasteiger partial charge is 0.496 e. The molecular formula is C20H24N6OS. The molecule has 1 aliphatic rings. The number of pyridine rings is 1. The summed E-state index contributed by atoms with van der Waals surface area (Å²) in [4.78, 5) is 8.93. The molecule has 3 rings (SSSR count). The molecule has 0 amide bonds. The van der Waals surface area contributed by atoms with E-state index in [-0.39, 0.29) is 11.1 Å². The lowest BCUT2D eigenvalue weighted by atomic mass is 10.1. The molecule has 4 N–H and O–H groups in total. The number of anilines is 1. The van der Waals surface area contributed by atoms with Crippen LogP contribution >= 0.6 is 11.8 Å². The Morgan fingerprint density at radius 1 is 1.50 bits per heavy atom. The number of methoxy groups -OCH3 is 1. The summed E-state index contributed by atoms with van der Waals surface area (Å²) in [6, 6.07) is 0. The number of aromatic nitrogens is 3. The van der Waals surface area contributed by atoms with E-state index >= 15 is 0 Å². The Balaban J connectivity index is 2.05. The van der Waals surface area contributed by atoms with E-state index in [0.717, 1.165) is 33.8 Å². The van der Waals surface area contributed by atoms with Gasteiger partial charge in [-0.05, 0) is 20.8 Å². The molecule has 1 unspecified atom stereocenters. The Bertz CT molecular complexity index is 1030. The second kappa shape index (κ2) is 7.98. The summed E-state index contributed by atoms with van der Waals surface area (Å²) in [5.74, 6) is 7.73. The molecule has 0 fully saturated rings. The van der Waals surface area contributed by atoms with Crippen molar-refractivity contribution >= 4 is 22.6 Å². The highest BCUT2D eigenvalue weighted by Gasteiger charge is 2.30. The van der Waals surface area contributed by atoms with Gasteiger partial charge in [0.15, 0.2) is 0 Å². The van der Waals surface area contributed by atoms with Gasteiger partial charge in [-0.25, -0.2) is 9.67 Å². The minimum atomic E-state index is 0.0534. The first kappa shape index (κ1) is 19.8. The number of nitrogens with two attached hydrogens (primary N) is 2. The van der Waals surface area contributed by atoms with Gasteiger partial charge in [-0.1, -0.05) is 24.3 Å². The monoisotopic (exact) mass is 396 g/mol. The Kier molecular flexibility index (Phi) is 5.66. The number of fused-ring (bicyclic) bond motifs is 1. The number of thioether (sulfide) groups is 1. The summed E-state index contributed by atoms with van der Waals surface area (Å²) in [5, 5.41) is 5.49. The van der Waals surface area contributed by atoms with Crippen LogP contribution in [0, 0.1) is 25.7 Å². The smallest absolute Gasteiger partial charge is 0.132 e. The SMILES string of the molecule is C=C(N)N=C1SC(C#CC)Cc2nn(Cc3ncc(C)c(OC)c3C)c(N)c21. The molecule has 0 saturated heterocycles. The topological polar surface area (TPSA) is 104 Å². The zero-order valence-electron chi connectivity index (χ0n) is 16.5. The van der Waals surface area contributed by atoms with Gasteiger partial charge in [0, 0.05) is 23.7 Å². The van der Waals surface area contributed by atoms with Crippen LogP contribution < -0.4 is 16.2 Å².